The number of piperidine rings is 1. The lowest BCUT2D eigenvalue weighted by atomic mass is 9.83. The molecule has 0 bridgehead atoms. The van der Waals surface area contributed by atoms with Gasteiger partial charge in [-0.2, -0.15) is 10.4 Å². The van der Waals surface area contributed by atoms with Crippen LogP contribution in [0.3, 0.4) is 0 Å². The highest BCUT2D eigenvalue weighted by Gasteiger charge is 2.41. The Hall–Kier alpha value is -3.65. The number of carboxylic acid groups (broad SMARTS) is 1. The van der Waals surface area contributed by atoms with Crippen LogP contribution in [0.1, 0.15) is 35.7 Å². The average molecular weight is 444 g/mol. The molecule has 11 heteroatoms. The lowest BCUT2D eigenvalue weighted by Crippen LogP contribution is -2.51. The molecule has 170 valence electrons. The van der Waals surface area contributed by atoms with Crippen LogP contribution in [0.25, 0.3) is 0 Å². The van der Waals surface area contributed by atoms with E-state index in [2.05, 4.69) is 16.5 Å². The molecule has 0 saturated carbocycles. The van der Waals surface area contributed by atoms with Crippen molar-refractivity contribution >= 4 is 23.5 Å². The molecule has 0 radical (unpaired) electrons. The largest absolute Gasteiger partial charge is 0.465 e. The molecule has 3 rings (SSSR count). The number of nitrogens with one attached hydrogen (secondary N) is 1. The van der Waals surface area contributed by atoms with Crippen molar-refractivity contribution in [1.29, 1.82) is 5.26 Å². The fourth-order valence-corrected chi connectivity index (χ4v) is 4.05. The zero-order chi connectivity index (χ0) is 23.3. The molecule has 1 unspecified atom stereocenters. The van der Waals surface area contributed by atoms with Crippen LogP contribution in [-0.2, 0) is 4.74 Å². The number of carbonyl (C=O) groups excluding carboxylic acids is 1. The number of aromatic nitrogens is 2. The van der Waals surface area contributed by atoms with Gasteiger partial charge in [0.25, 0.3) is 5.91 Å². The number of likely N-dealkylation sites (tertiary alicyclic amines) is 1. The number of carbonyl (C=O) groups is 2. The maximum Gasteiger partial charge on any atom is 0.407 e. The van der Waals surface area contributed by atoms with Crippen molar-refractivity contribution < 1.29 is 23.8 Å². The number of nitriles is 1. The number of hydrogen-bond donors (Lipinski definition) is 3. The number of ether oxygens (including phenoxy) is 1. The Morgan fingerprint density at radius 2 is 2.12 bits per heavy atom. The van der Waals surface area contributed by atoms with Gasteiger partial charge in [-0.25, -0.2) is 9.18 Å². The standard InChI is InChI=1S/C21H25FN6O4/c1-32-10-2-3-17-15(11-23)18(8-9-27(17)21(30)31)28-12-16(19(24)29)20(26-28)25-14-6-4-13(22)5-7-14/h4-7,12,15,17-18H,2-3,8-10H2,1H3,(H2,24,29)(H,25,26)(H,30,31)/t15-,17?,18-/m1/s1. The molecule has 1 fully saturated rings. The van der Waals surface area contributed by atoms with Crippen LogP contribution in [0.5, 0.6) is 0 Å². The van der Waals surface area contributed by atoms with Gasteiger partial charge in [0.1, 0.15) is 11.4 Å². The van der Waals surface area contributed by atoms with Gasteiger partial charge in [0, 0.05) is 32.1 Å². The molecular formula is C21H25FN6O4. The van der Waals surface area contributed by atoms with Gasteiger partial charge in [0.2, 0.25) is 0 Å². The van der Waals surface area contributed by atoms with E-state index in [0.717, 1.165) is 0 Å². The van der Waals surface area contributed by atoms with E-state index in [1.165, 1.54) is 40.0 Å². The molecule has 4 N–H and O–H groups in total. The van der Waals surface area contributed by atoms with Crippen LogP contribution >= 0.6 is 0 Å². The highest BCUT2D eigenvalue weighted by Crippen LogP contribution is 2.36. The van der Waals surface area contributed by atoms with Gasteiger partial charge >= 0.3 is 6.09 Å². The summed E-state index contributed by atoms with van der Waals surface area (Å²) in [5.41, 5.74) is 6.14. The zero-order valence-corrected chi connectivity index (χ0v) is 17.6. The zero-order valence-electron chi connectivity index (χ0n) is 17.6. The smallest absolute Gasteiger partial charge is 0.407 e. The number of hydrogen-bond acceptors (Lipinski definition) is 6. The molecule has 2 aromatic rings. The summed E-state index contributed by atoms with van der Waals surface area (Å²) in [5.74, 6) is -1.62. The van der Waals surface area contributed by atoms with E-state index < -0.39 is 35.8 Å². The van der Waals surface area contributed by atoms with E-state index in [-0.39, 0.29) is 17.9 Å². The Kier molecular flexibility index (Phi) is 7.27. The van der Waals surface area contributed by atoms with Crippen molar-refractivity contribution in [2.75, 3.05) is 25.6 Å². The third-order valence-electron chi connectivity index (χ3n) is 5.58. The number of halogens is 1. The molecule has 2 amide bonds. The van der Waals surface area contributed by atoms with Gasteiger partial charge in [-0.15, -0.1) is 0 Å². The van der Waals surface area contributed by atoms with Crippen LogP contribution in [0, 0.1) is 23.1 Å². The van der Waals surface area contributed by atoms with Crippen molar-refractivity contribution in [2.24, 2.45) is 11.7 Å². The molecule has 2 heterocycles. The summed E-state index contributed by atoms with van der Waals surface area (Å²) in [5, 5.41) is 26.9. The normalized spacial score (nSPS) is 20.5. The van der Waals surface area contributed by atoms with Gasteiger partial charge in [0.05, 0.1) is 24.1 Å². The first-order chi connectivity index (χ1) is 15.3. The number of rotatable bonds is 8. The molecule has 10 nitrogen and oxygen atoms in total. The summed E-state index contributed by atoms with van der Waals surface area (Å²) >= 11 is 0. The first-order valence-electron chi connectivity index (χ1n) is 10.1. The van der Waals surface area contributed by atoms with Gasteiger partial charge in [0.15, 0.2) is 5.82 Å². The Morgan fingerprint density at radius 3 is 2.72 bits per heavy atom. The number of primary amides is 1. The van der Waals surface area contributed by atoms with E-state index >= 15 is 0 Å². The second kappa shape index (κ2) is 10.1. The maximum absolute atomic E-state index is 13.2. The third-order valence-corrected chi connectivity index (χ3v) is 5.58. The molecule has 1 aliphatic heterocycles. The lowest BCUT2D eigenvalue weighted by molar-refractivity contribution is 0.0581. The van der Waals surface area contributed by atoms with Crippen LogP contribution in [0.2, 0.25) is 0 Å². The molecule has 0 aliphatic carbocycles. The molecule has 1 saturated heterocycles. The fourth-order valence-electron chi connectivity index (χ4n) is 4.05. The quantitative estimate of drug-likeness (QED) is 0.531. The highest BCUT2D eigenvalue weighted by atomic mass is 19.1. The van der Waals surface area contributed by atoms with Crippen LogP contribution < -0.4 is 11.1 Å². The van der Waals surface area contributed by atoms with Crippen molar-refractivity contribution in [2.45, 2.75) is 31.3 Å². The molecule has 0 spiro atoms. The number of nitrogens with zero attached hydrogens (tertiary/aromatic N) is 4. The first-order valence-corrected chi connectivity index (χ1v) is 10.1. The van der Waals surface area contributed by atoms with Crippen molar-refractivity contribution in [3.05, 3.63) is 41.8 Å². The minimum atomic E-state index is -1.08. The molecule has 1 aliphatic rings. The van der Waals surface area contributed by atoms with Crippen LogP contribution in [0.4, 0.5) is 20.7 Å². The summed E-state index contributed by atoms with van der Waals surface area (Å²) < 4.78 is 19.8. The fraction of sp³-hybridized carbons (Fsp3) is 0.429. The highest BCUT2D eigenvalue weighted by molar-refractivity contribution is 5.98. The van der Waals surface area contributed by atoms with E-state index in [1.807, 2.05) is 0 Å². The van der Waals surface area contributed by atoms with E-state index in [9.17, 15) is 24.3 Å². The Balaban J connectivity index is 1.91. The van der Waals surface area contributed by atoms with Gasteiger partial charge < -0.3 is 25.8 Å². The summed E-state index contributed by atoms with van der Waals surface area (Å²) in [7, 11) is 1.56. The van der Waals surface area contributed by atoms with E-state index in [1.54, 1.807) is 7.11 Å². The Bertz CT molecular complexity index is 1000. The number of methoxy groups -OCH3 is 1. The Morgan fingerprint density at radius 1 is 1.41 bits per heavy atom. The van der Waals surface area contributed by atoms with Crippen molar-refractivity contribution in [1.82, 2.24) is 14.7 Å². The maximum atomic E-state index is 13.2. The minimum absolute atomic E-state index is 0.114. The summed E-state index contributed by atoms with van der Waals surface area (Å²) in [6, 6.07) is 6.77. The lowest BCUT2D eigenvalue weighted by Gasteiger charge is -2.41. The topological polar surface area (TPSA) is 146 Å². The number of nitrogens with two attached hydrogens (primary N) is 1. The minimum Gasteiger partial charge on any atom is -0.465 e. The second-order valence-electron chi connectivity index (χ2n) is 7.56. The monoisotopic (exact) mass is 444 g/mol. The third kappa shape index (κ3) is 4.97. The first kappa shape index (κ1) is 23.0. The van der Waals surface area contributed by atoms with E-state index in [4.69, 9.17) is 10.5 Å². The van der Waals surface area contributed by atoms with Crippen molar-refractivity contribution in [3.63, 3.8) is 0 Å². The summed E-state index contributed by atoms with van der Waals surface area (Å²) in [4.78, 5) is 25.0. The molecule has 1 aromatic carbocycles. The van der Waals surface area contributed by atoms with Crippen molar-refractivity contribution in [3.8, 4) is 6.07 Å². The van der Waals surface area contributed by atoms with Gasteiger partial charge in [-0.1, -0.05) is 0 Å². The molecular weight excluding hydrogens is 419 g/mol. The molecule has 3 atom stereocenters. The molecule has 1 aromatic heterocycles. The predicted octanol–water partition coefficient (Wildman–Crippen LogP) is 2.72. The number of amides is 2. The second-order valence-corrected chi connectivity index (χ2v) is 7.56. The number of benzene rings is 1. The summed E-state index contributed by atoms with van der Waals surface area (Å²) in [6.07, 6.45) is 1.79. The van der Waals surface area contributed by atoms with Crippen LogP contribution in [0.15, 0.2) is 30.5 Å². The van der Waals surface area contributed by atoms with Crippen LogP contribution in [-0.4, -0.2) is 58.1 Å². The Labute approximate surface area is 184 Å². The predicted molar refractivity (Wildman–Crippen MR) is 113 cm³/mol. The van der Waals surface area contributed by atoms with Gasteiger partial charge in [-0.05, 0) is 43.5 Å². The van der Waals surface area contributed by atoms with Gasteiger partial charge in [-0.3, -0.25) is 9.48 Å². The average Bonchev–Trinajstić information content (AvgIpc) is 3.18. The van der Waals surface area contributed by atoms with E-state index in [0.29, 0.717) is 31.6 Å². The number of anilines is 2. The SMILES string of the molecule is COCCCC1[C@@H](C#N)[C@H](n2cc(C(N)=O)c(Nc3ccc(F)cc3)n2)CCN1C(=O)O. The molecule has 32 heavy (non-hydrogen) atoms. The summed E-state index contributed by atoms with van der Waals surface area (Å²) in [6.45, 7) is 0.675.